The van der Waals surface area contributed by atoms with Crippen molar-refractivity contribution in [3.63, 3.8) is 0 Å². The number of nitrogens with one attached hydrogen (secondary N) is 2. The average Bonchev–Trinajstić information content (AvgIpc) is 2.84. The van der Waals surface area contributed by atoms with Crippen molar-refractivity contribution in [1.82, 2.24) is 20.3 Å². The molecule has 1 heterocycles. The van der Waals surface area contributed by atoms with Crippen LogP contribution in [-0.4, -0.2) is 26.8 Å². The molecule has 0 aliphatic rings. The van der Waals surface area contributed by atoms with E-state index < -0.39 is 17.5 Å². The molecule has 2 rings (SSSR count). The van der Waals surface area contributed by atoms with Gasteiger partial charge in [-0.1, -0.05) is 11.3 Å². The number of carbonyl (C=O) groups excluding carboxylic acids is 2. The molecule has 0 fully saturated rings. The highest BCUT2D eigenvalue weighted by atomic mass is 19.1. The molecule has 2 N–H and O–H groups in total. The molecule has 1 aromatic carbocycles. The molecule has 22 heavy (non-hydrogen) atoms. The first-order valence-corrected chi connectivity index (χ1v) is 6.33. The van der Waals surface area contributed by atoms with Crippen LogP contribution in [0, 0.1) is 11.6 Å². The molecule has 9 heteroatoms. The third kappa shape index (κ3) is 4.08. The molecule has 0 unspecified atom stereocenters. The molecule has 116 valence electrons. The highest BCUT2D eigenvalue weighted by Crippen LogP contribution is 2.11. The number of amides is 2. The zero-order valence-corrected chi connectivity index (χ0v) is 11.6. The molecule has 0 spiro atoms. The number of nitrogens with zero attached hydrogens (tertiary/aromatic N) is 3. The minimum absolute atomic E-state index is 0.192. The molecule has 2 aromatic rings. The van der Waals surface area contributed by atoms with Crippen LogP contribution in [-0.2, 0) is 22.7 Å². The molecule has 0 aliphatic heterocycles. The molecule has 0 atom stereocenters. The highest BCUT2D eigenvalue weighted by Gasteiger charge is 2.11. The van der Waals surface area contributed by atoms with Gasteiger partial charge in [-0.25, -0.2) is 13.5 Å². The van der Waals surface area contributed by atoms with Crippen LogP contribution in [0.2, 0.25) is 0 Å². The Balaban J connectivity index is 1.90. The Kier molecular flexibility index (Phi) is 4.77. The topological polar surface area (TPSA) is 88.9 Å². The van der Waals surface area contributed by atoms with E-state index in [9.17, 15) is 18.4 Å². The van der Waals surface area contributed by atoms with Crippen molar-refractivity contribution in [2.24, 2.45) is 0 Å². The summed E-state index contributed by atoms with van der Waals surface area (Å²) >= 11 is 0. The Morgan fingerprint density at radius 3 is 2.59 bits per heavy atom. The largest absolute Gasteiger partial charge is 0.350 e. The molecule has 1 aromatic heterocycles. The van der Waals surface area contributed by atoms with Crippen LogP contribution in [0.25, 0.3) is 0 Å². The summed E-state index contributed by atoms with van der Waals surface area (Å²) in [7, 11) is 0. The maximum Gasteiger partial charge on any atom is 0.242 e. The molecule has 7 nitrogen and oxygen atoms in total. The lowest BCUT2D eigenvalue weighted by molar-refractivity contribution is -0.122. The first kappa shape index (κ1) is 15.5. The quantitative estimate of drug-likeness (QED) is 0.856. The predicted octanol–water partition coefficient (Wildman–Crippen LogP) is 0.831. The fraction of sp³-hybridized carbons (Fsp3) is 0.231. The van der Waals surface area contributed by atoms with Gasteiger partial charge in [-0.05, 0) is 12.1 Å². The zero-order chi connectivity index (χ0) is 16.1. The van der Waals surface area contributed by atoms with Crippen LogP contribution >= 0.6 is 0 Å². The van der Waals surface area contributed by atoms with Gasteiger partial charge in [0.05, 0.1) is 6.20 Å². The summed E-state index contributed by atoms with van der Waals surface area (Å²) < 4.78 is 28.0. The number of anilines is 1. The summed E-state index contributed by atoms with van der Waals surface area (Å²) in [6, 6.07) is 3.47. The second-order valence-electron chi connectivity index (χ2n) is 4.46. The summed E-state index contributed by atoms with van der Waals surface area (Å²) in [4.78, 5) is 22.5. The third-order valence-electron chi connectivity index (χ3n) is 2.67. The Morgan fingerprint density at radius 2 is 1.95 bits per heavy atom. The van der Waals surface area contributed by atoms with Gasteiger partial charge in [0.25, 0.3) is 0 Å². The second kappa shape index (κ2) is 6.74. The number of hydrogen-bond acceptors (Lipinski definition) is 4. The monoisotopic (exact) mass is 309 g/mol. The number of halogens is 2. The first-order valence-electron chi connectivity index (χ1n) is 6.33. The predicted molar refractivity (Wildman–Crippen MR) is 72.5 cm³/mol. The van der Waals surface area contributed by atoms with Crippen LogP contribution in [0.4, 0.5) is 14.6 Å². The lowest BCUT2D eigenvalue weighted by atomic mass is 10.2. The summed E-state index contributed by atoms with van der Waals surface area (Å²) in [6.45, 7) is 0.849. The Morgan fingerprint density at radius 1 is 1.27 bits per heavy atom. The van der Waals surface area contributed by atoms with Crippen molar-refractivity contribution in [1.29, 1.82) is 0 Å². The fourth-order valence-corrected chi connectivity index (χ4v) is 1.70. The van der Waals surface area contributed by atoms with E-state index in [0.717, 1.165) is 12.1 Å². The maximum atomic E-state index is 13.4. The molecule has 0 radical (unpaired) electrons. The summed E-state index contributed by atoms with van der Waals surface area (Å²) in [5.74, 6) is -2.06. The molecule has 2 amide bonds. The molecular formula is C13H13F2N5O2. The van der Waals surface area contributed by atoms with Crippen molar-refractivity contribution in [3.05, 3.63) is 41.6 Å². The molecule has 0 saturated heterocycles. The van der Waals surface area contributed by atoms with Gasteiger partial charge >= 0.3 is 0 Å². The van der Waals surface area contributed by atoms with Gasteiger partial charge < -0.3 is 10.6 Å². The van der Waals surface area contributed by atoms with E-state index in [2.05, 4.69) is 20.9 Å². The Hall–Kier alpha value is -2.84. The van der Waals surface area contributed by atoms with E-state index in [1.807, 2.05) is 0 Å². The number of hydrogen-bond donors (Lipinski definition) is 2. The Bertz CT molecular complexity index is 681. The normalized spacial score (nSPS) is 10.3. The van der Waals surface area contributed by atoms with Crippen molar-refractivity contribution < 1.29 is 18.4 Å². The lowest BCUT2D eigenvalue weighted by Crippen LogP contribution is -2.28. The molecular weight excluding hydrogens is 296 g/mol. The highest BCUT2D eigenvalue weighted by molar-refractivity contribution is 5.87. The van der Waals surface area contributed by atoms with Gasteiger partial charge in [0, 0.05) is 19.0 Å². The van der Waals surface area contributed by atoms with E-state index >= 15 is 0 Å². The first-order chi connectivity index (χ1) is 10.5. The fourth-order valence-electron chi connectivity index (χ4n) is 1.70. The van der Waals surface area contributed by atoms with Crippen LogP contribution in [0.15, 0.2) is 24.4 Å². The van der Waals surface area contributed by atoms with Crippen LogP contribution < -0.4 is 10.6 Å². The van der Waals surface area contributed by atoms with E-state index in [1.165, 1.54) is 23.9 Å². The van der Waals surface area contributed by atoms with E-state index in [4.69, 9.17) is 0 Å². The van der Waals surface area contributed by atoms with Crippen LogP contribution in [0.3, 0.4) is 0 Å². The standard InChI is InChI=1S/C13H13F2N5O2/c1-8(21)17-12-6-20(19-18-12)7-13(22)16-5-9-10(14)3-2-4-11(9)15/h2-4,6H,5,7H2,1H3,(H,16,22)(H,17,21). The average molecular weight is 309 g/mol. The maximum absolute atomic E-state index is 13.4. The third-order valence-corrected chi connectivity index (χ3v) is 2.67. The van der Waals surface area contributed by atoms with Gasteiger partial charge in [0.15, 0.2) is 5.82 Å². The van der Waals surface area contributed by atoms with Gasteiger partial charge in [0.2, 0.25) is 11.8 Å². The number of aromatic nitrogens is 3. The van der Waals surface area contributed by atoms with Gasteiger partial charge in [0.1, 0.15) is 18.2 Å². The van der Waals surface area contributed by atoms with E-state index in [1.54, 1.807) is 0 Å². The van der Waals surface area contributed by atoms with Crippen molar-refractivity contribution in [3.8, 4) is 0 Å². The van der Waals surface area contributed by atoms with Crippen molar-refractivity contribution >= 4 is 17.6 Å². The van der Waals surface area contributed by atoms with Crippen LogP contribution in [0.1, 0.15) is 12.5 Å². The number of rotatable bonds is 5. The summed E-state index contributed by atoms with van der Waals surface area (Å²) in [6.07, 6.45) is 1.37. The summed E-state index contributed by atoms with van der Waals surface area (Å²) in [5, 5.41) is 12.1. The molecule has 0 aliphatic carbocycles. The summed E-state index contributed by atoms with van der Waals surface area (Å²) in [5.41, 5.74) is -0.214. The van der Waals surface area contributed by atoms with Gasteiger partial charge in [-0.3, -0.25) is 9.59 Å². The van der Waals surface area contributed by atoms with E-state index in [0.29, 0.717) is 0 Å². The lowest BCUT2D eigenvalue weighted by Gasteiger charge is -2.07. The SMILES string of the molecule is CC(=O)Nc1cn(CC(=O)NCc2c(F)cccc2F)nn1. The number of benzene rings is 1. The minimum Gasteiger partial charge on any atom is -0.350 e. The van der Waals surface area contributed by atoms with Crippen LogP contribution in [0.5, 0.6) is 0 Å². The number of carbonyl (C=O) groups is 2. The molecule has 0 saturated carbocycles. The minimum atomic E-state index is -0.728. The van der Waals surface area contributed by atoms with Crippen molar-refractivity contribution in [2.45, 2.75) is 20.0 Å². The second-order valence-corrected chi connectivity index (χ2v) is 4.46. The Labute approximate surface area is 124 Å². The van der Waals surface area contributed by atoms with Gasteiger partial charge in [-0.15, -0.1) is 5.10 Å². The molecule has 0 bridgehead atoms. The van der Waals surface area contributed by atoms with Crippen molar-refractivity contribution in [2.75, 3.05) is 5.32 Å². The smallest absolute Gasteiger partial charge is 0.242 e. The van der Waals surface area contributed by atoms with Gasteiger partial charge in [-0.2, -0.15) is 0 Å². The van der Waals surface area contributed by atoms with E-state index in [-0.39, 0.29) is 30.4 Å². The zero-order valence-electron chi connectivity index (χ0n) is 11.6.